The molecule has 1 unspecified atom stereocenters. The molecule has 76 valence electrons. The van der Waals surface area contributed by atoms with E-state index in [1.165, 1.54) is 6.20 Å². The first-order valence-electron chi connectivity index (χ1n) is 4.40. The van der Waals surface area contributed by atoms with Crippen LogP contribution in [0.3, 0.4) is 0 Å². The summed E-state index contributed by atoms with van der Waals surface area (Å²) >= 11 is 3.26. The van der Waals surface area contributed by atoms with Gasteiger partial charge in [-0.25, -0.2) is 4.98 Å². The highest BCUT2D eigenvalue weighted by Crippen LogP contribution is 2.23. The summed E-state index contributed by atoms with van der Waals surface area (Å²) < 4.78 is 19.5. The Morgan fingerprint density at radius 1 is 1.64 bits per heavy atom. The third kappa shape index (κ3) is 2.10. The fraction of sp³-hybridized carbons (Fsp3) is 0.444. The van der Waals surface area contributed by atoms with Gasteiger partial charge in [-0.05, 0) is 22.0 Å². The fourth-order valence-corrected chi connectivity index (χ4v) is 1.78. The van der Waals surface area contributed by atoms with Crippen LogP contribution in [0.25, 0.3) is 0 Å². The van der Waals surface area contributed by atoms with Crippen molar-refractivity contribution in [2.24, 2.45) is 0 Å². The molecule has 14 heavy (non-hydrogen) atoms. The minimum Gasteiger partial charge on any atom is -0.371 e. The lowest BCUT2D eigenvalue weighted by Gasteiger charge is -2.23. The van der Waals surface area contributed by atoms with Crippen molar-refractivity contribution in [3.8, 4) is 0 Å². The summed E-state index contributed by atoms with van der Waals surface area (Å²) in [5.74, 6) is -0.457. The third-order valence-corrected chi connectivity index (χ3v) is 2.54. The highest BCUT2D eigenvalue weighted by Gasteiger charge is 2.20. The molecule has 1 aromatic heterocycles. The normalized spacial score (nSPS) is 22.3. The summed E-state index contributed by atoms with van der Waals surface area (Å²) in [6.07, 6.45) is 1.21. The molecule has 0 aliphatic carbocycles. The summed E-state index contributed by atoms with van der Waals surface area (Å²) in [4.78, 5) is 3.63. The topological polar surface area (TPSA) is 34.2 Å². The molecule has 1 aliphatic rings. The molecule has 1 aliphatic heterocycles. The van der Waals surface area contributed by atoms with E-state index < -0.39 is 5.95 Å². The van der Waals surface area contributed by atoms with E-state index in [0.29, 0.717) is 18.7 Å². The van der Waals surface area contributed by atoms with Crippen LogP contribution in [0.15, 0.2) is 16.7 Å². The lowest BCUT2D eigenvalue weighted by atomic mass is 10.1. The van der Waals surface area contributed by atoms with E-state index in [1.807, 2.05) is 0 Å². The highest BCUT2D eigenvalue weighted by molar-refractivity contribution is 9.10. The molecule has 0 aromatic carbocycles. The number of ether oxygens (including phenoxy) is 1. The van der Waals surface area contributed by atoms with Crippen LogP contribution in [0.5, 0.6) is 0 Å². The monoisotopic (exact) mass is 260 g/mol. The molecule has 1 fully saturated rings. The van der Waals surface area contributed by atoms with Crippen molar-refractivity contribution in [3.63, 3.8) is 0 Å². The molecule has 1 N–H and O–H groups in total. The maximum absolute atomic E-state index is 13.3. The van der Waals surface area contributed by atoms with Gasteiger partial charge in [0.05, 0.1) is 12.7 Å². The summed E-state index contributed by atoms with van der Waals surface area (Å²) in [5.41, 5.74) is 0.506. The first kappa shape index (κ1) is 10.0. The molecule has 3 nitrogen and oxygen atoms in total. The molecule has 2 rings (SSSR count). The Kier molecular flexibility index (Phi) is 3.10. The van der Waals surface area contributed by atoms with Gasteiger partial charge in [-0.2, -0.15) is 4.39 Å². The van der Waals surface area contributed by atoms with E-state index in [2.05, 4.69) is 26.2 Å². The van der Waals surface area contributed by atoms with Crippen molar-refractivity contribution < 1.29 is 9.13 Å². The van der Waals surface area contributed by atoms with Crippen LogP contribution in [0.4, 0.5) is 4.39 Å². The summed E-state index contributed by atoms with van der Waals surface area (Å²) in [5, 5.41) is 3.15. The van der Waals surface area contributed by atoms with Crippen LogP contribution >= 0.6 is 15.9 Å². The number of rotatable bonds is 1. The Bertz CT molecular complexity index is 329. The highest BCUT2D eigenvalue weighted by atomic mass is 79.9. The molecular formula is C9H10BrFN2O. The average Bonchev–Trinajstić information content (AvgIpc) is 2.23. The quantitative estimate of drug-likeness (QED) is 0.780. The molecule has 1 atom stereocenters. The molecule has 0 saturated carbocycles. The predicted molar refractivity (Wildman–Crippen MR) is 53.5 cm³/mol. The maximum Gasteiger partial charge on any atom is 0.218 e. The third-order valence-electron chi connectivity index (χ3n) is 2.11. The largest absolute Gasteiger partial charge is 0.371 e. The zero-order valence-electron chi connectivity index (χ0n) is 7.46. The van der Waals surface area contributed by atoms with Crippen molar-refractivity contribution in [1.29, 1.82) is 0 Å². The Morgan fingerprint density at radius 3 is 3.21 bits per heavy atom. The summed E-state index contributed by atoms with van der Waals surface area (Å²) in [6.45, 7) is 2.06. The fourth-order valence-electron chi connectivity index (χ4n) is 1.43. The summed E-state index contributed by atoms with van der Waals surface area (Å²) in [6, 6.07) is 1.71. The minimum absolute atomic E-state index is 0.228. The zero-order valence-corrected chi connectivity index (χ0v) is 9.05. The Hall–Kier alpha value is -0.520. The van der Waals surface area contributed by atoms with Gasteiger partial charge in [-0.15, -0.1) is 0 Å². The molecule has 1 saturated heterocycles. The molecule has 0 bridgehead atoms. The number of nitrogens with zero attached hydrogens (tertiary/aromatic N) is 1. The number of pyridine rings is 1. The van der Waals surface area contributed by atoms with E-state index in [4.69, 9.17) is 4.74 Å². The molecule has 0 spiro atoms. The van der Waals surface area contributed by atoms with Crippen molar-refractivity contribution in [2.45, 2.75) is 6.10 Å². The summed E-state index contributed by atoms with van der Waals surface area (Å²) in [7, 11) is 0. The van der Waals surface area contributed by atoms with E-state index >= 15 is 0 Å². The van der Waals surface area contributed by atoms with Crippen LogP contribution < -0.4 is 5.32 Å². The number of hydrogen-bond donors (Lipinski definition) is 1. The van der Waals surface area contributed by atoms with Crippen LogP contribution in [-0.2, 0) is 4.74 Å². The average molecular weight is 261 g/mol. The van der Waals surface area contributed by atoms with E-state index in [1.54, 1.807) is 6.07 Å². The van der Waals surface area contributed by atoms with Gasteiger partial charge in [0.1, 0.15) is 0 Å². The Morgan fingerprint density at radius 2 is 2.50 bits per heavy atom. The molecule has 5 heteroatoms. The van der Waals surface area contributed by atoms with Gasteiger partial charge in [0.25, 0.3) is 0 Å². The molecule has 0 amide bonds. The molecule has 2 heterocycles. The first-order valence-corrected chi connectivity index (χ1v) is 5.20. The standard InChI is InChI=1S/C9H10BrFN2O/c10-6-3-7(9(11)13-4-6)8-5-12-1-2-14-8/h3-4,8,12H,1-2,5H2. The number of hydrogen-bond acceptors (Lipinski definition) is 3. The number of halogens is 2. The molecule has 0 radical (unpaired) electrons. The van der Waals surface area contributed by atoms with Gasteiger partial charge in [0, 0.05) is 29.3 Å². The van der Waals surface area contributed by atoms with Crippen molar-refractivity contribution in [2.75, 3.05) is 19.7 Å². The van der Waals surface area contributed by atoms with Crippen molar-refractivity contribution >= 4 is 15.9 Å². The van der Waals surface area contributed by atoms with E-state index in [9.17, 15) is 4.39 Å². The predicted octanol–water partition coefficient (Wildman–Crippen LogP) is 1.64. The second kappa shape index (κ2) is 4.33. The second-order valence-electron chi connectivity index (χ2n) is 3.10. The van der Waals surface area contributed by atoms with E-state index in [-0.39, 0.29) is 6.10 Å². The smallest absolute Gasteiger partial charge is 0.218 e. The van der Waals surface area contributed by atoms with Gasteiger partial charge in [-0.1, -0.05) is 0 Å². The van der Waals surface area contributed by atoms with Crippen molar-refractivity contribution in [3.05, 3.63) is 28.2 Å². The van der Waals surface area contributed by atoms with Crippen molar-refractivity contribution in [1.82, 2.24) is 10.3 Å². The van der Waals surface area contributed by atoms with Gasteiger partial charge in [0.15, 0.2) is 0 Å². The Balaban J connectivity index is 2.24. The van der Waals surface area contributed by atoms with Gasteiger partial charge >= 0.3 is 0 Å². The Labute approximate surface area is 89.8 Å². The zero-order chi connectivity index (χ0) is 9.97. The number of aromatic nitrogens is 1. The van der Waals surface area contributed by atoms with Crippen LogP contribution in [0.2, 0.25) is 0 Å². The van der Waals surface area contributed by atoms with Crippen LogP contribution in [0.1, 0.15) is 11.7 Å². The molecular weight excluding hydrogens is 251 g/mol. The van der Waals surface area contributed by atoms with Crippen LogP contribution in [-0.4, -0.2) is 24.7 Å². The molecule has 1 aromatic rings. The number of nitrogens with one attached hydrogen (secondary N) is 1. The lowest BCUT2D eigenvalue weighted by Crippen LogP contribution is -2.33. The number of morpholine rings is 1. The van der Waals surface area contributed by atoms with Gasteiger partial charge in [0.2, 0.25) is 5.95 Å². The second-order valence-corrected chi connectivity index (χ2v) is 4.01. The van der Waals surface area contributed by atoms with Crippen LogP contribution in [0, 0.1) is 5.95 Å². The first-order chi connectivity index (χ1) is 6.77. The maximum atomic E-state index is 13.3. The van der Waals surface area contributed by atoms with E-state index in [0.717, 1.165) is 11.0 Å². The van der Waals surface area contributed by atoms with Gasteiger partial charge in [-0.3, -0.25) is 0 Å². The SMILES string of the molecule is Fc1ncc(Br)cc1C1CNCCO1. The minimum atomic E-state index is -0.457. The van der Waals surface area contributed by atoms with Gasteiger partial charge < -0.3 is 10.1 Å². The lowest BCUT2D eigenvalue weighted by molar-refractivity contribution is 0.0250.